The number of rotatable bonds is 3. The first-order chi connectivity index (χ1) is 12.2. The maximum absolute atomic E-state index is 12.6. The molecule has 0 unspecified atom stereocenters. The Morgan fingerprint density at radius 1 is 1.12 bits per heavy atom. The highest BCUT2D eigenvalue weighted by Gasteiger charge is 2.21. The zero-order valence-corrected chi connectivity index (χ0v) is 14.2. The number of carbonyl (C=O) groups excluding carboxylic acids is 1. The Kier molecular flexibility index (Phi) is 4.19. The first-order valence-corrected chi connectivity index (χ1v) is 8.45. The van der Waals surface area contributed by atoms with Crippen LogP contribution in [0.4, 0.5) is 0 Å². The first kappa shape index (κ1) is 15.8. The number of aromatic nitrogens is 4. The molecule has 126 valence electrons. The van der Waals surface area contributed by atoms with Gasteiger partial charge in [-0.3, -0.25) is 4.79 Å². The van der Waals surface area contributed by atoms with Crippen LogP contribution in [-0.2, 0) is 24.3 Å². The lowest BCUT2D eigenvalue weighted by Gasteiger charge is -2.28. The highest BCUT2D eigenvalue weighted by atomic mass is 35.5. The molecule has 0 atom stereocenters. The summed E-state index contributed by atoms with van der Waals surface area (Å²) >= 11 is 5.99. The van der Waals surface area contributed by atoms with Crippen molar-refractivity contribution in [3.8, 4) is 11.4 Å². The van der Waals surface area contributed by atoms with Crippen molar-refractivity contribution in [1.82, 2.24) is 25.1 Å². The number of tetrazole rings is 1. The second kappa shape index (κ2) is 6.64. The molecule has 7 heteroatoms. The number of hydrogen-bond acceptors (Lipinski definition) is 4. The first-order valence-electron chi connectivity index (χ1n) is 8.07. The van der Waals surface area contributed by atoms with E-state index < -0.39 is 0 Å². The van der Waals surface area contributed by atoms with Gasteiger partial charge in [0, 0.05) is 23.7 Å². The van der Waals surface area contributed by atoms with Gasteiger partial charge in [0.25, 0.3) is 0 Å². The minimum absolute atomic E-state index is 0.00968. The van der Waals surface area contributed by atoms with E-state index >= 15 is 0 Å². The monoisotopic (exact) mass is 353 g/mol. The van der Waals surface area contributed by atoms with E-state index in [1.807, 2.05) is 29.2 Å². The molecule has 0 spiro atoms. The number of benzene rings is 2. The van der Waals surface area contributed by atoms with Gasteiger partial charge in [0.15, 0.2) is 0 Å². The molecule has 1 aliphatic heterocycles. The van der Waals surface area contributed by atoms with Gasteiger partial charge in [-0.15, -0.1) is 10.2 Å². The Labute approximate surface area is 150 Å². The Hall–Kier alpha value is -2.73. The summed E-state index contributed by atoms with van der Waals surface area (Å²) in [5.74, 6) is 0.448. The van der Waals surface area contributed by atoms with Crippen LogP contribution < -0.4 is 0 Å². The molecule has 4 rings (SSSR count). The van der Waals surface area contributed by atoms with Crippen molar-refractivity contribution in [2.75, 3.05) is 6.54 Å². The van der Waals surface area contributed by atoms with Crippen molar-refractivity contribution in [3.05, 3.63) is 64.7 Å². The maximum atomic E-state index is 12.6. The Bertz CT molecular complexity index is 923. The molecule has 0 bridgehead atoms. The van der Waals surface area contributed by atoms with E-state index in [9.17, 15) is 4.79 Å². The maximum Gasteiger partial charge on any atom is 0.246 e. The third-order valence-electron chi connectivity index (χ3n) is 4.30. The molecule has 0 saturated carbocycles. The lowest BCUT2D eigenvalue weighted by molar-refractivity contribution is -0.133. The minimum Gasteiger partial charge on any atom is -0.336 e. The van der Waals surface area contributed by atoms with Crippen molar-refractivity contribution >= 4 is 17.5 Å². The molecular weight excluding hydrogens is 338 g/mol. The molecular formula is C18H16ClN5O. The second-order valence-corrected chi connectivity index (χ2v) is 6.42. The lowest BCUT2D eigenvalue weighted by atomic mass is 10.00. The molecule has 2 heterocycles. The lowest BCUT2D eigenvalue weighted by Crippen LogP contribution is -2.38. The summed E-state index contributed by atoms with van der Waals surface area (Å²) in [6, 6.07) is 15.5. The highest BCUT2D eigenvalue weighted by molar-refractivity contribution is 6.30. The second-order valence-electron chi connectivity index (χ2n) is 5.99. The van der Waals surface area contributed by atoms with E-state index in [0.717, 1.165) is 12.0 Å². The van der Waals surface area contributed by atoms with E-state index in [1.165, 1.54) is 15.9 Å². The smallest absolute Gasteiger partial charge is 0.246 e. The van der Waals surface area contributed by atoms with Crippen LogP contribution >= 0.6 is 11.6 Å². The highest BCUT2D eigenvalue weighted by Crippen LogP contribution is 2.20. The van der Waals surface area contributed by atoms with Crippen LogP contribution in [-0.4, -0.2) is 37.6 Å². The number of nitrogens with zero attached hydrogens (tertiary/aromatic N) is 5. The zero-order valence-electron chi connectivity index (χ0n) is 13.5. The van der Waals surface area contributed by atoms with E-state index in [2.05, 4.69) is 27.5 Å². The van der Waals surface area contributed by atoms with Crippen molar-refractivity contribution in [2.24, 2.45) is 0 Å². The molecule has 0 N–H and O–H groups in total. The SMILES string of the molecule is O=C(Cn1nnc(-c2cccc(Cl)c2)n1)N1CCc2ccccc2C1. The van der Waals surface area contributed by atoms with Crippen molar-refractivity contribution in [3.63, 3.8) is 0 Å². The van der Waals surface area contributed by atoms with Crippen LogP contribution in [0.2, 0.25) is 5.02 Å². The van der Waals surface area contributed by atoms with Gasteiger partial charge < -0.3 is 4.90 Å². The molecule has 6 nitrogen and oxygen atoms in total. The van der Waals surface area contributed by atoms with Crippen LogP contribution in [0.5, 0.6) is 0 Å². The van der Waals surface area contributed by atoms with E-state index in [-0.39, 0.29) is 12.5 Å². The summed E-state index contributed by atoms with van der Waals surface area (Å²) in [6.45, 7) is 1.42. The molecule has 1 amide bonds. The van der Waals surface area contributed by atoms with Crippen molar-refractivity contribution in [1.29, 1.82) is 0 Å². The Morgan fingerprint density at radius 3 is 2.80 bits per heavy atom. The molecule has 3 aromatic rings. The van der Waals surface area contributed by atoms with Crippen LogP contribution in [0.1, 0.15) is 11.1 Å². The number of hydrogen-bond donors (Lipinski definition) is 0. The van der Waals surface area contributed by atoms with Gasteiger partial charge in [-0.2, -0.15) is 4.80 Å². The fraction of sp³-hybridized carbons (Fsp3) is 0.222. The van der Waals surface area contributed by atoms with Crippen molar-refractivity contribution in [2.45, 2.75) is 19.5 Å². The molecule has 0 radical (unpaired) electrons. The molecule has 0 aliphatic carbocycles. The quantitative estimate of drug-likeness (QED) is 0.726. The van der Waals surface area contributed by atoms with Crippen LogP contribution in [0, 0.1) is 0 Å². The van der Waals surface area contributed by atoms with Crippen molar-refractivity contribution < 1.29 is 4.79 Å². The predicted octanol–water partition coefficient (Wildman–Crippen LogP) is 2.58. The predicted molar refractivity (Wildman–Crippen MR) is 93.8 cm³/mol. The molecule has 2 aromatic carbocycles. The molecule has 1 aliphatic rings. The fourth-order valence-electron chi connectivity index (χ4n) is 2.98. The standard InChI is InChI=1S/C18H16ClN5O/c19-16-7-3-6-14(10-16)18-20-22-24(21-18)12-17(25)23-9-8-13-4-1-2-5-15(13)11-23/h1-7,10H,8-9,11-12H2. The number of carbonyl (C=O) groups is 1. The van der Waals surface area contributed by atoms with Gasteiger partial charge >= 0.3 is 0 Å². The number of amides is 1. The van der Waals surface area contributed by atoms with Gasteiger partial charge in [-0.1, -0.05) is 48.0 Å². The van der Waals surface area contributed by atoms with Crippen LogP contribution in [0.15, 0.2) is 48.5 Å². The van der Waals surface area contributed by atoms with E-state index in [4.69, 9.17) is 11.6 Å². The zero-order chi connectivity index (χ0) is 17.2. The van der Waals surface area contributed by atoms with E-state index in [1.54, 1.807) is 12.1 Å². The van der Waals surface area contributed by atoms with Gasteiger partial charge in [0.1, 0.15) is 6.54 Å². The van der Waals surface area contributed by atoms with Gasteiger partial charge in [-0.05, 0) is 34.9 Å². The summed E-state index contributed by atoms with van der Waals surface area (Å²) in [6.07, 6.45) is 0.875. The van der Waals surface area contributed by atoms with Gasteiger partial charge in [-0.25, -0.2) is 0 Å². The molecule has 0 saturated heterocycles. The van der Waals surface area contributed by atoms with Crippen LogP contribution in [0.3, 0.4) is 0 Å². The van der Waals surface area contributed by atoms with Gasteiger partial charge in [0.05, 0.1) is 0 Å². The summed E-state index contributed by atoms with van der Waals surface area (Å²) < 4.78 is 0. The van der Waals surface area contributed by atoms with E-state index in [0.29, 0.717) is 23.9 Å². The average molecular weight is 354 g/mol. The largest absolute Gasteiger partial charge is 0.336 e. The molecule has 1 aromatic heterocycles. The molecule has 25 heavy (non-hydrogen) atoms. The molecule has 0 fully saturated rings. The fourth-order valence-corrected chi connectivity index (χ4v) is 3.17. The summed E-state index contributed by atoms with van der Waals surface area (Å²) in [5.41, 5.74) is 3.29. The Balaban J connectivity index is 1.45. The number of fused-ring (bicyclic) bond motifs is 1. The summed E-state index contributed by atoms with van der Waals surface area (Å²) in [5, 5.41) is 12.9. The Morgan fingerprint density at radius 2 is 1.96 bits per heavy atom. The van der Waals surface area contributed by atoms with Crippen LogP contribution in [0.25, 0.3) is 11.4 Å². The number of halogens is 1. The minimum atomic E-state index is -0.00968. The average Bonchev–Trinajstić information content (AvgIpc) is 3.10. The summed E-state index contributed by atoms with van der Waals surface area (Å²) in [4.78, 5) is 15.7. The third kappa shape index (κ3) is 3.39. The topological polar surface area (TPSA) is 63.9 Å². The van der Waals surface area contributed by atoms with Gasteiger partial charge in [0.2, 0.25) is 11.7 Å². The summed E-state index contributed by atoms with van der Waals surface area (Å²) in [7, 11) is 0. The normalized spacial score (nSPS) is 13.6. The third-order valence-corrected chi connectivity index (χ3v) is 4.53.